The van der Waals surface area contributed by atoms with Crippen LogP contribution in [0.4, 0.5) is 8.78 Å². The zero-order valence-electron chi connectivity index (χ0n) is 10.6. The first-order valence-corrected chi connectivity index (χ1v) is 7.88. The molecule has 3 unspecified atom stereocenters. The summed E-state index contributed by atoms with van der Waals surface area (Å²) in [6.07, 6.45) is 4.68. The predicted molar refractivity (Wildman–Crippen MR) is 69.8 cm³/mol. The summed E-state index contributed by atoms with van der Waals surface area (Å²) in [5, 5.41) is 4.25. The molecule has 0 aromatic rings. The molecule has 0 aliphatic heterocycles. The fraction of sp³-hybridized carbons (Fsp3) is 1.00. The number of hydrogen-bond donors (Lipinski definition) is 1. The van der Waals surface area contributed by atoms with Gasteiger partial charge in [0, 0.05) is 24.1 Å². The first kappa shape index (κ1) is 13.6. The molecule has 0 amide bonds. The quantitative estimate of drug-likeness (QED) is 0.812. The van der Waals surface area contributed by atoms with Crippen LogP contribution in [0.25, 0.3) is 0 Å². The van der Waals surface area contributed by atoms with E-state index in [2.05, 4.69) is 12.2 Å². The van der Waals surface area contributed by atoms with Gasteiger partial charge in [-0.1, -0.05) is 13.3 Å². The summed E-state index contributed by atoms with van der Waals surface area (Å²) in [5.41, 5.74) is 0. The molecule has 3 atom stereocenters. The molecule has 1 nitrogen and oxygen atoms in total. The van der Waals surface area contributed by atoms with Crippen molar-refractivity contribution in [2.75, 3.05) is 12.3 Å². The van der Waals surface area contributed by atoms with Crippen molar-refractivity contribution < 1.29 is 8.78 Å². The number of alkyl halides is 2. The van der Waals surface area contributed by atoms with E-state index in [1.165, 1.54) is 19.3 Å². The Labute approximate surface area is 107 Å². The molecule has 0 spiro atoms. The lowest BCUT2D eigenvalue weighted by Gasteiger charge is -2.22. The zero-order chi connectivity index (χ0) is 12.3. The van der Waals surface area contributed by atoms with Gasteiger partial charge in [-0.05, 0) is 37.5 Å². The molecule has 0 aromatic heterocycles. The van der Waals surface area contributed by atoms with Crippen molar-refractivity contribution in [2.45, 2.75) is 62.7 Å². The highest BCUT2D eigenvalue weighted by Crippen LogP contribution is 2.39. The van der Waals surface area contributed by atoms with E-state index in [0.29, 0.717) is 17.7 Å². The maximum Gasteiger partial charge on any atom is 0.248 e. The second-order valence-corrected chi connectivity index (χ2v) is 6.92. The van der Waals surface area contributed by atoms with Crippen LogP contribution in [0.3, 0.4) is 0 Å². The average Bonchev–Trinajstić information content (AvgIpc) is 2.83. The maximum absolute atomic E-state index is 13.1. The Morgan fingerprint density at radius 2 is 2.12 bits per heavy atom. The van der Waals surface area contributed by atoms with E-state index in [9.17, 15) is 8.78 Å². The largest absolute Gasteiger partial charge is 0.313 e. The van der Waals surface area contributed by atoms with Crippen molar-refractivity contribution in [3.63, 3.8) is 0 Å². The first-order valence-electron chi connectivity index (χ1n) is 6.83. The molecule has 100 valence electrons. The van der Waals surface area contributed by atoms with E-state index in [1.807, 2.05) is 11.8 Å². The second-order valence-electron chi connectivity index (χ2n) is 5.40. The number of nitrogens with one attached hydrogen (secondary N) is 1. The van der Waals surface area contributed by atoms with E-state index in [0.717, 1.165) is 12.3 Å². The molecule has 2 rings (SSSR count). The summed E-state index contributed by atoms with van der Waals surface area (Å²) in [4.78, 5) is 0. The van der Waals surface area contributed by atoms with E-state index in [-0.39, 0.29) is 18.8 Å². The van der Waals surface area contributed by atoms with Crippen LogP contribution in [-0.2, 0) is 0 Å². The minimum Gasteiger partial charge on any atom is -0.313 e. The molecule has 0 bridgehead atoms. The van der Waals surface area contributed by atoms with Crippen LogP contribution in [0.1, 0.15) is 45.4 Å². The molecule has 2 fully saturated rings. The SMILES string of the molecule is CCSC1CCCC1NCC1CCC(F)(F)C1. The summed E-state index contributed by atoms with van der Waals surface area (Å²) < 4.78 is 26.1. The van der Waals surface area contributed by atoms with E-state index >= 15 is 0 Å². The normalized spacial score (nSPS) is 36.5. The molecular weight excluding hydrogens is 240 g/mol. The van der Waals surface area contributed by atoms with Crippen molar-refractivity contribution in [1.82, 2.24) is 5.32 Å². The molecule has 2 saturated carbocycles. The summed E-state index contributed by atoms with van der Waals surface area (Å²) in [5.74, 6) is -1.04. The number of hydrogen-bond acceptors (Lipinski definition) is 2. The molecule has 2 aliphatic rings. The van der Waals surface area contributed by atoms with Gasteiger partial charge < -0.3 is 5.32 Å². The van der Waals surface area contributed by atoms with Crippen LogP contribution in [0, 0.1) is 5.92 Å². The third-order valence-corrected chi connectivity index (χ3v) is 5.33. The fourth-order valence-corrected chi connectivity index (χ4v) is 4.33. The first-order chi connectivity index (χ1) is 8.11. The van der Waals surface area contributed by atoms with Gasteiger partial charge in [0.25, 0.3) is 0 Å². The Morgan fingerprint density at radius 1 is 1.29 bits per heavy atom. The Kier molecular flexibility index (Phi) is 4.70. The predicted octanol–water partition coefficient (Wildman–Crippen LogP) is 3.69. The van der Waals surface area contributed by atoms with Crippen molar-refractivity contribution in [2.24, 2.45) is 5.92 Å². The lowest BCUT2D eigenvalue weighted by Crippen LogP contribution is -2.37. The highest BCUT2D eigenvalue weighted by Gasteiger charge is 2.39. The molecule has 0 saturated heterocycles. The standard InChI is InChI=1S/C13H23F2NS/c1-2-17-12-5-3-4-11(12)16-9-10-6-7-13(14,15)8-10/h10-12,16H,2-9H2,1H3. The zero-order valence-corrected chi connectivity index (χ0v) is 11.4. The average molecular weight is 263 g/mol. The molecule has 0 radical (unpaired) electrons. The second kappa shape index (κ2) is 5.87. The maximum atomic E-state index is 13.1. The fourth-order valence-electron chi connectivity index (χ4n) is 3.11. The lowest BCUT2D eigenvalue weighted by molar-refractivity contribution is 0.00500. The number of thioether (sulfide) groups is 1. The molecule has 17 heavy (non-hydrogen) atoms. The summed E-state index contributed by atoms with van der Waals surface area (Å²) in [6.45, 7) is 2.98. The van der Waals surface area contributed by atoms with Crippen LogP contribution in [-0.4, -0.2) is 29.5 Å². The third kappa shape index (κ3) is 3.82. The smallest absolute Gasteiger partial charge is 0.248 e. The van der Waals surface area contributed by atoms with Gasteiger partial charge in [-0.15, -0.1) is 0 Å². The van der Waals surface area contributed by atoms with Gasteiger partial charge >= 0.3 is 0 Å². The van der Waals surface area contributed by atoms with E-state index < -0.39 is 5.92 Å². The number of halogens is 2. The molecule has 2 aliphatic carbocycles. The lowest BCUT2D eigenvalue weighted by atomic mass is 10.1. The monoisotopic (exact) mass is 263 g/mol. The highest BCUT2D eigenvalue weighted by atomic mass is 32.2. The van der Waals surface area contributed by atoms with Crippen molar-refractivity contribution in [3.05, 3.63) is 0 Å². The molecule has 0 heterocycles. The van der Waals surface area contributed by atoms with Crippen molar-refractivity contribution >= 4 is 11.8 Å². The van der Waals surface area contributed by atoms with Crippen molar-refractivity contribution in [3.8, 4) is 0 Å². The van der Waals surface area contributed by atoms with Gasteiger partial charge in [-0.3, -0.25) is 0 Å². The molecular formula is C13H23F2NS. The molecule has 1 N–H and O–H groups in total. The van der Waals surface area contributed by atoms with Gasteiger partial charge in [0.05, 0.1) is 0 Å². The minimum absolute atomic E-state index is 0.0944. The number of rotatable bonds is 5. The Bertz CT molecular complexity index is 248. The summed E-state index contributed by atoms with van der Waals surface area (Å²) in [7, 11) is 0. The summed E-state index contributed by atoms with van der Waals surface area (Å²) in [6, 6.07) is 0.564. The van der Waals surface area contributed by atoms with Gasteiger partial charge in [0.15, 0.2) is 0 Å². The summed E-state index contributed by atoms with van der Waals surface area (Å²) >= 11 is 2.02. The molecule has 4 heteroatoms. The van der Waals surface area contributed by atoms with Crippen molar-refractivity contribution in [1.29, 1.82) is 0 Å². The van der Waals surface area contributed by atoms with Gasteiger partial charge in [-0.25, -0.2) is 8.78 Å². The van der Waals surface area contributed by atoms with Crippen LogP contribution in [0.5, 0.6) is 0 Å². The van der Waals surface area contributed by atoms with Crippen LogP contribution in [0.2, 0.25) is 0 Å². The van der Waals surface area contributed by atoms with Crippen LogP contribution < -0.4 is 5.32 Å². The van der Waals surface area contributed by atoms with E-state index in [4.69, 9.17) is 0 Å². The van der Waals surface area contributed by atoms with Gasteiger partial charge in [0.2, 0.25) is 5.92 Å². The Morgan fingerprint density at radius 3 is 2.76 bits per heavy atom. The Hall–Kier alpha value is 0.170. The van der Waals surface area contributed by atoms with Gasteiger partial charge in [-0.2, -0.15) is 11.8 Å². The minimum atomic E-state index is -2.39. The molecule has 0 aromatic carbocycles. The van der Waals surface area contributed by atoms with Gasteiger partial charge in [0.1, 0.15) is 0 Å². The third-order valence-electron chi connectivity index (χ3n) is 4.01. The highest BCUT2D eigenvalue weighted by molar-refractivity contribution is 7.99. The Balaban J connectivity index is 1.71. The van der Waals surface area contributed by atoms with Crippen LogP contribution in [0.15, 0.2) is 0 Å². The topological polar surface area (TPSA) is 12.0 Å². The van der Waals surface area contributed by atoms with Crippen LogP contribution >= 0.6 is 11.8 Å². The van der Waals surface area contributed by atoms with E-state index in [1.54, 1.807) is 0 Å².